The lowest BCUT2D eigenvalue weighted by Crippen LogP contribution is -2.46. The molecule has 1 rings (SSSR count). The highest BCUT2D eigenvalue weighted by Gasteiger charge is 2.28. The zero-order valence-corrected chi connectivity index (χ0v) is 19.6. The number of nitrogens with zero attached hydrogens (tertiary/aromatic N) is 2. The number of likely N-dealkylation sites (N-methyl/N-ethyl adjacent to an activating group) is 1. The topological polar surface area (TPSA) is 66.0 Å². The summed E-state index contributed by atoms with van der Waals surface area (Å²) in [6, 6.07) is 10.6. The molecule has 0 atom stereocenters. The van der Waals surface area contributed by atoms with Crippen LogP contribution in [0.2, 0.25) is 0 Å². The van der Waals surface area contributed by atoms with Crippen LogP contribution < -0.4 is 10.6 Å². The molecule has 7 heteroatoms. The Kier molecular flexibility index (Phi) is 13.1. The number of methoxy groups -OCH3 is 1. The van der Waals surface area contributed by atoms with Gasteiger partial charge in [-0.3, -0.25) is 4.79 Å². The minimum Gasteiger partial charge on any atom is -0.383 e. The third kappa shape index (κ3) is 8.47. The van der Waals surface area contributed by atoms with E-state index in [1.807, 2.05) is 6.07 Å². The first-order valence-electron chi connectivity index (χ1n) is 9.26. The average Bonchev–Trinajstić information content (AvgIpc) is 2.67. The second-order valence-corrected chi connectivity index (χ2v) is 6.58. The van der Waals surface area contributed by atoms with Gasteiger partial charge in [0.1, 0.15) is 6.54 Å². The van der Waals surface area contributed by atoms with Crippen molar-refractivity contribution in [3.63, 3.8) is 0 Å². The monoisotopic (exact) mass is 490 g/mol. The highest BCUT2D eigenvalue weighted by atomic mass is 127. The highest BCUT2D eigenvalue weighted by molar-refractivity contribution is 14.0. The summed E-state index contributed by atoms with van der Waals surface area (Å²) in [7, 11) is 5.13. The molecule has 6 nitrogen and oxygen atoms in total. The predicted molar refractivity (Wildman–Crippen MR) is 123 cm³/mol. The summed E-state index contributed by atoms with van der Waals surface area (Å²) in [6.07, 6.45) is 2.03. The van der Waals surface area contributed by atoms with Gasteiger partial charge in [0.15, 0.2) is 5.96 Å². The molecule has 0 spiro atoms. The van der Waals surface area contributed by atoms with Crippen LogP contribution in [0, 0.1) is 0 Å². The van der Waals surface area contributed by atoms with Crippen molar-refractivity contribution in [1.29, 1.82) is 0 Å². The molecular formula is C20H35IN4O2. The molecule has 0 aliphatic rings. The fourth-order valence-corrected chi connectivity index (χ4v) is 2.79. The van der Waals surface area contributed by atoms with Gasteiger partial charge in [0.25, 0.3) is 0 Å². The molecular weight excluding hydrogens is 455 g/mol. The number of carbonyl (C=O) groups is 1. The Morgan fingerprint density at radius 1 is 1.15 bits per heavy atom. The maximum absolute atomic E-state index is 11.9. The van der Waals surface area contributed by atoms with Gasteiger partial charge in [-0.1, -0.05) is 44.2 Å². The summed E-state index contributed by atoms with van der Waals surface area (Å²) in [5.74, 6) is 0.609. The third-order valence-electron chi connectivity index (χ3n) is 4.80. The van der Waals surface area contributed by atoms with E-state index < -0.39 is 0 Å². The van der Waals surface area contributed by atoms with Gasteiger partial charge >= 0.3 is 0 Å². The summed E-state index contributed by atoms with van der Waals surface area (Å²) in [4.78, 5) is 17.8. The first-order chi connectivity index (χ1) is 12.5. The molecule has 0 heterocycles. The van der Waals surface area contributed by atoms with Crippen LogP contribution in [0.25, 0.3) is 0 Å². The van der Waals surface area contributed by atoms with E-state index in [1.54, 1.807) is 26.1 Å². The number of hydrogen-bond acceptors (Lipinski definition) is 3. The summed E-state index contributed by atoms with van der Waals surface area (Å²) in [5, 5.41) is 6.66. The number of aliphatic imine (C=N–C) groups is 1. The van der Waals surface area contributed by atoms with Gasteiger partial charge in [-0.05, 0) is 18.4 Å². The van der Waals surface area contributed by atoms with Gasteiger partial charge in [-0.2, -0.15) is 0 Å². The number of ether oxygens (including phenoxy) is 1. The lowest BCUT2D eigenvalue weighted by atomic mass is 9.76. The number of halogens is 1. The molecule has 0 fully saturated rings. The van der Waals surface area contributed by atoms with Crippen molar-refractivity contribution < 1.29 is 9.53 Å². The lowest BCUT2D eigenvalue weighted by Gasteiger charge is -2.33. The van der Waals surface area contributed by atoms with Crippen molar-refractivity contribution in [2.45, 2.75) is 32.1 Å². The van der Waals surface area contributed by atoms with Gasteiger partial charge < -0.3 is 20.3 Å². The Morgan fingerprint density at radius 3 is 2.30 bits per heavy atom. The molecule has 2 N–H and O–H groups in total. The zero-order chi connectivity index (χ0) is 19.4. The fraction of sp³-hybridized carbons (Fsp3) is 0.600. The van der Waals surface area contributed by atoms with E-state index in [4.69, 9.17) is 4.74 Å². The molecule has 0 saturated carbocycles. The number of carbonyl (C=O) groups excluding carboxylic acids is 1. The minimum atomic E-state index is -0.0295. The van der Waals surface area contributed by atoms with Crippen LogP contribution in [0.15, 0.2) is 35.3 Å². The summed E-state index contributed by atoms with van der Waals surface area (Å²) in [6.45, 7) is 6.50. The minimum absolute atomic E-state index is 0. The molecule has 0 saturated heterocycles. The Labute approximate surface area is 181 Å². The maximum Gasteiger partial charge on any atom is 0.243 e. The van der Waals surface area contributed by atoms with E-state index in [9.17, 15) is 4.79 Å². The van der Waals surface area contributed by atoms with Crippen molar-refractivity contribution in [3.05, 3.63) is 35.9 Å². The smallest absolute Gasteiger partial charge is 0.243 e. The van der Waals surface area contributed by atoms with E-state index in [1.165, 1.54) is 5.56 Å². The summed E-state index contributed by atoms with van der Waals surface area (Å²) >= 11 is 0. The first kappa shape index (κ1) is 25.6. The summed E-state index contributed by atoms with van der Waals surface area (Å²) in [5.41, 5.74) is 1.34. The van der Waals surface area contributed by atoms with Crippen LogP contribution in [0.3, 0.4) is 0 Å². The van der Waals surface area contributed by atoms with Gasteiger partial charge in [-0.15, -0.1) is 24.0 Å². The quantitative estimate of drug-likeness (QED) is 0.229. The van der Waals surface area contributed by atoms with Gasteiger partial charge in [0.05, 0.1) is 6.61 Å². The maximum atomic E-state index is 11.9. The van der Waals surface area contributed by atoms with E-state index >= 15 is 0 Å². The van der Waals surface area contributed by atoms with Crippen LogP contribution >= 0.6 is 24.0 Å². The molecule has 1 aromatic carbocycles. The van der Waals surface area contributed by atoms with Gasteiger partial charge in [-0.25, -0.2) is 4.99 Å². The Balaban J connectivity index is 0.00000676. The largest absolute Gasteiger partial charge is 0.383 e. The van der Waals surface area contributed by atoms with E-state index in [0.717, 1.165) is 19.4 Å². The lowest BCUT2D eigenvalue weighted by molar-refractivity contribution is -0.127. The molecule has 1 amide bonds. The van der Waals surface area contributed by atoms with Gasteiger partial charge in [0.2, 0.25) is 5.91 Å². The predicted octanol–water partition coefficient (Wildman–Crippen LogP) is 2.63. The van der Waals surface area contributed by atoms with Crippen molar-refractivity contribution >= 4 is 35.8 Å². The van der Waals surface area contributed by atoms with E-state index in [2.05, 4.69) is 53.7 Å². The summed E-state index contributed by atoms with van der Waals surface area (Å²) < 4.78 is 5.09. The number of amides is 1. The van der Waals surface area contributed by atoms with Crippen LogP contribution in [0.1, 0.15) is 32.3 Å². The normalized spacial score (nSPS) is 11.5. The third-order valence-corrected chi connectivity index (χ3v) is 4.80. The van der Waals surface area contributed by atoms with Crippen molar-refractivity contribution in [1.82, 2.24) is 15.5 Å². The Bertz CT molecular complexity index is 560. The molecule has 0 aliphatic carbocycles. The number of hydrogen-bond donors (Lipinski definition) is 2. The number of rotatable bonds is 10. The molecule has 0 bridgehead atoms. The van der Waals surface area contributed by atoms with Crippen molar-refractivity contribution in [2.24, 2.45) is 4.99 Å². The van der Waals surface area contributed by atoms with Crippen LogP contribution in [-0.4, -0.2) is 64.2 Å². The highest BCUT2D eigenvalue weighted by Crippen LogP contribution is 2.30. The SMILES string of the molecule is CCC(CC)(CNC(=NCC(=O)N(C)C)NCCOC)c1ccccc1.I. The van der Waals surface area contributed by atoms with Crippen molar-refractivity contribution in [3.8, 4) is 0 Å². The molecule has 0 aliphatic heterocycles. The number of guanidine groups is 1. The number of nitrogens with one attached hydrogen (secondary N) is 2. The Hall–Kier alpha value is -1.35. The van der Waals surface area contributed by atoms with Crippen LogP contribution in [0.5, 0.6) is 0 Å². The molecule has 27 heavy (non-hydrogen) atoms. The van der Waals surface area contributed by atoms with E-state index in [-0.39, 0.29) is 41.8 Å². The second-order valence-electron chi connectivity index (χ2n) is 6.58. The zero-order valence-electron chi connectivity index (χ0n) is 17.2. The second kappa shape index (κ2) is 13.8. The van der Waals surface area contributed by atoms with E-state index in [0.29, 0.717) is 19.1 Å². The molecule has 0 aromatic heterocycles. The molecule has 0 radical (unpaired) electrons. The molecule has 1 aromatic rings. The average molecular weight is 490 g/mol. The standard InChI is InChI=1S/C20H34N4O2.HI/c1-6-20(7-2,17-11-9-8-10-12-17)16-23-19(21-13-14-26-5)22-15-18(25)24(3)4;/h8-12H,6-7,13-16H2,1-5H3,(H2,21,22,23);1H. The Morgan fingerprint density at radius 2 is 1.78 bits per heavy atom. The van der Waals surface area contributed by atoms with Gasteiger partial charge in [0, 0.05) is 39.7 Å². The molecule has 154 valence electrons. The number of benzene rings is 1. The van der Waals surface area contributed by atoms with Crippen LogP contribution in [-0.2, 0) is 14.9 Å². The fourth-order valence-electron chi connectivity index (χ4n) is 2.79. The molecule has 0 unspecified atom stereocenters. The van der Waals surface area contributed by atoms with Crippen molar-refractivity contribution in [2.75, 3.05) is 47.4 Å². The first-order valence-corrected chi connectivity index (χ1v) is 9.26. The van der Waals surface area contributed by atoms with Crippen LogP contribution in [0.4, 0.5) is 0 Å².